The Morgan fingerprint density at radius 3 is 2.64 bits per heavy atom. The average Bonchev–Trinajstić information content (AvgIpc) is 2.53. The lowest BCUT2D eigenvalue weighted by Gasteiger charge is -2.33. The second-order valence-electron chi connectivity index (χ2n) is 5.81. The molecule has 0 N–H and O–H groups in total. The monoisotopic (exact) mass is 310 g/mol. The Morgan fingerprint density at radius 1 is 1.09 bits per heavy atom. The van der Waals surface area contributed by atoms with E-state index in [9.17, 15) is 0 Å². The average molecular weight is 310 g/mol. The Labute approximate surface area is 137 Å². The van der Waals surface area contributed by atoms with E-state index in [1.807, 2.05) is 17.8 Å². The van der Waals surface area contributed by atoms with Gasteiger partial charge in [0, 0.05) is 16.3 Å². The van der Waals surface area contributed by atoms with Gasteiger partial charge in [-0.25, -0.2) is 0 Å². The second-order valence-corrected chi connectivity index (χ2v) is 6.89. The Hall–Kier alpha value is -1.71. The molecule has 0 unspecified atom stereocenters. The van der Waals surface area contributed by atoms with Crippen molar-refractivity contribution in [3.63, 3.8) is 0 Å². The SMILES string of the molecule is C=Cc1ccc2c(c1)N(CCCN(C)C)c1ccccc1S2. The van der Waals surface area contributed by atoms with Crippen LogP contribution in [0.3, 0.4) is 0 Å². The van der Waals surface area contributed by atoms with Crippen LogP contribution in [0.2, 0.25) is 0 Å². The topological polar surface area (TPSA) is 6.48 Å². The number of hydrogen-bond acceptors (Lipinski definition) is 3. The van der Waals surface area contributed by atoms with Crippen LogP contribution in [-0.2, 0) is 0 Å². The zero-order valence-electron chi connectivity index (χ0n) is 13.2. The van der Waals surface area contributed by atoms with Crippen molar-refractivity contribution in [3.8, 4) is 0 Å². The molecule has 0 aromatic heterocycles. The molecule has 2 aromatic carbocycles. The minimum atomic E-state index is 1.03. The van der Waals surface area contributed by atoms with Gasteiger partial charge in [0.25, 0.3) is 0 Å². The van der Waals surface area contributed by atoms with Crippen LogP contribution in [0.1, 0.15) is 12.0 Å². The van der Waals surface area contributed by atoms with Crippen LogP contribution in [0, 0.1) is 0 Å². The molecule has 0 radical (unpaired) electrons. The zero-order valence-corrected chi connectivity index (χ0v) is 14.1. The third-order valence-electron chi connectivity index (χ3n) is 3.87. The van der Waals surface area contributed by atoms with Gasteiger partial charge in [0.1, 0.15) is 0 Å². The van der Waals surface area contributed by atoms with Crippen molar-refractivity contribution < 1.29 is 0 Å². The molecule has 0 atom stereocenters. The Balaban J connectivity index is 1.97. The van der Waals surface area contributed by atoms with Gasteiger partial charge in [-0.3, -0.25) is 0 Å². The van der Waals surface area contributed by atoms with Crippen molar-refractivity contribution >= 4 is 29.2 Å². The summed E-state index contributed by atoms with van der Waals surface area (Å²) in [5.41, 5.74) is 3.80. The Morgan fingerprint density at radius 2 is 1.86 bits per heavy atom. The molecule has 0 bridgehead atoms. The van der Waals surface area contributed by atoms with Crippen molar-refractivity contribution in [2.45, 2.75) is 16.2 Å². The van der Waals surface area contributed by atoms with E-state index in [2.05, 4.69) is 72.9 Å². The predicted molar refractivity (Wildman–Crippen MR) is 97.3 cm³/mol. The lowest BCUT2D eigenvalue weighted by Crippen LogP contribution is -2.25. The summed E-state index contributed by atoms with van der Waals surface area (Å²) in [6.07, 6.45) is 3.06. The van der Waals surface area contributed by atoms with Crippen LogP contribution in [0.25, 0.3) is 6.08 Å². The highest BCUT2D eigenvalue weighted by atomic mass is 32.2. The van der Waals surface area contributed by atoms with E-state index in [0.29, 0.717) is 0 Å². The highest BCUT2D eigenvalue weighted by Gasteiger charge is 2.22. The summed E-state index contributed by atoms with van der Waals surface area (Å²) in [5.74, 6) is 0. The Kier molecular flexibility index (Phi) is 4.55. The number of rotatable bonds is 5. The molecule has 0 saturated heterocycles. The number of para-hydroxylation sites is 1. The fourth-order valence-electron chi connectivity index (χ4n) is 2.76. The van der Waals surface area contributed by atoms with Crippen LogP contribution >= 0.6 is 11.8 Å². The molecule has 1 heterocycles. The van der Waals surface area contributed by atoms with E-state index in [1.54, 1.807) is 0 Å². The highest BCUT2D eigenvalue weighted by molar-refractivity contribution is 7.99. The van der Waals surface area contributed by atoms with Crippen molar-refractivity contribution in [2.24, 2.45) is 0 Å². The predicted octanol–water partition coefficient (Wildman–Crippen LogP) is 4.88. The van der Waals surface area contributed by atoms with E-state index >= 15 is 0 Å². The molecule has 0 spiro atoms. The van der Waals surface area contributed by atoms with Gasteiger partial charge in [-0.05, 0) is 56.9 Å². The molecule has 0 amide bonds. The van der Waals surface area contributed by atoms with E-state index < -0.39 is 0 Å². The van der Waals surface area contributed by atoms with E-state index in [4.69, 9.17) is 0 Å². The summed E-state index contributed by atoms with van der Waals surface area (Å²) < 4.78 is 0. The number of hydrogen-bond donors (Lipinski definition) is 0. The van der Waals surface area contributed by atoms with E-state index in [1.165, 1.54) is 26.7 Å². The molecule has 1 aliphatic heterocycles. The molecular weight excluding hydrogens is 288 g/mol. The molecule has 3 heteroatoms. The van der Waals surface area contributed by atoms with Gasteiger partial charge in [0.2, 0.25) is 0 Å². The first-order chi connectivity index (χ1) is 10.7. The molecule has 0 saturated carbocycles. The first kappa shape index (κ1) is 15.2. The number of nitrogens with zero attached hydrogens (tertiary/aromatic N) is 2. The van der Waals surface area contributed by atoms with Gasteiger partial charge in [-0.15, -0.1) is 0 Å². The standard InChI is InChI=1S/C19H22N2S/c1-4-15-10-11-19-17(14-15)21(13-7-12-20(2)3)16-8-5-6-9-18(16)22-19/h4-6,8-11,14H,1,7,12-13H2,2-3H3. The minimum absolute atomic E-state index is 1.03. The molecule has 1 aliphatic rings. The normalized spacial score (nSPS) is 13.0. The molecule has 0 aliphatic carbocycles. The number of anilines is 2. The van der Waals surface area contributed by atoms with E-state index in [-0.39, 0.29) is 0 Å². The van der Waals surface area contributed by atoms with Crippen LogP contribution in [0.15, 0.2) is 58.8 Å². The maximum absolute atomic E-state index is 3.90. The van der Waals surface area contributed by atoms with Crippen LogP contribution in [0.4, 0.5) is 11.4 Å². The van der Waals surface area contributed by atoms with Crippen molar-refractivity contribution in [1.29, 1.82) is 0 Å². The fraction of sp³-hybridized carbons (Fsp3) is 0.263. The molecule has 2 nitrogen and oxygen atoms in total. The number of benzene rings is 2. The highest BCUT2D eigenvalue weighted by Crippen LogP contribution is 2.48. The van der Waals surface area contributed by atoms with Crippen LogP contribution in [-0.4, -0.2) is 32.1 Å². The summed E-state index contributed by atoms with van der Waals surface area (Å²) >= 11 is 1.86. The number of fused-ring (bicyclic) bond motifs is 2. The van der Waals surface area contributed by atoms with Gasteiger partial charge in [0.05, 0.1) is 11.4 Å². The van der Waals surface area contributed by atoms with Crippen molar-refractivity contribution in [3.05, 3.63) is 54.6 Å². The lowest BCUT2D eigenvalue weighted by molar-refractivity contribution is 0.402. The van der Waals surface area contributed by atoms with Gasteiger partial charge >= 0.3 is 0 Å². The summed E-state index contributed by atoms with van der Waals surface area (Å²) in [6.45, 7) is 6.03. The van der Waals surface area contributed by atoms with Gasteiger partial charge in [-0.1, -0.05) is 42.6 Å². The second kappa shape index (κ2) is 6.59. The molecule has 114 valence electrons. The molecule has 22 heavy (non-hydrogen) atoms. The van der Waals surface area contributed by atoms with Gasteiger partial charge < -0.3 is 9.80 Å². The first-order valence-electron chi connectivity index (χ1n) is 7.64. The molecule has 3 rings (SSSR count). The minimum Gasteiger partial charge on any atom is -0.340 e. The van der Waals surface area contributed by atoms with Crippen molar-refractivity contribution in [1.82, 2.24) is 4.90 Å². The smallest absolute Gasteiger partial charge is 0.0558 e. The maximum Gasteiger partial charge on any atom is 0.0558 e. The molecule has 2 aromatic rings. The first-order valence-corrected chi connectivity index (χ1v) is 8.46. The molecular formula is C19H22N2S. The van der Waals surface area contributed by atoms with Gasteiger partial charge in [-0.2, -0.15) is 0 Å². The van der Waals surface area contributed by atoms with Gasteiger partial charge in [0.15, 0.2) is 0 Å². The largest absolute Gasteiger partial charge is 0.340 e. The summed E-state index contributed by atoms with van der Waals surface area (Å²) in [4.78, 5) is 7.36. The summed E-state index contributed by atoms with van der Waals surface area (Å²) in [6, 6.07) is 15.3. The van der Waals surface area contributed by atoms with Crippen LogP contribution in [0.5, 0.6) is 0 Å². The summed E-state index contributed by atoms with van der Waals surface area (Å²) in [7, 11) is 4.26. The third kappa shape index (κ3) is 3.06. The van der Waals surface area contributed by atoms with Crippen molar-refractivity contribution in [2.75, 3.05) is 32.1 Å². The Bertz CT molecular complexity index is 679. The quantitative estimate of drug-likeness (QED) is 0.777. The lowest BCUT2D eigenvalue weighted by atomic mass is 10.1. The summed E-state index contributed by atoms with van der Waals surface area (Å²) in [5, 5.41) is 0. The van der Waals surface area contributed by atoms with Crippen LogP contribution < -0.4 is 4.90 Å². The fourth-order valence-corrected chi connectivity index (χ4v) is 3.84. The molecule has 0 fully saturated rings. The maximum atomic E-state index is 3.90. The zero-order chi connectivity index (χ0) is 15.5. The van der Waals surface area contributed by atoms with E-state index in [0.717, 1.165) is 19.5 Å². The third-order valence-corrected chi connectivity index (χ3v) is 5.00.